The van der Waals surface area contributed by atoms with Crippen LogP contribution in [0.15, 0.2) is 6.20 Å². The van der Waals surface area contributed by atoms with E-state index in [1.54, 1.807) is 0 Å². The first kappa shape index (κ1) is 11.1. The highest BCUT2D eigenvalue weighted by Gasteiger charge is 2.22. The van der Waals surface area contributed by atoms with Gasteiger partial charge in [-0.3, -0.25) is 0 Å². The third-order valence-electron chi connectivity index (χ3n) is 3.26. The van der Waals surface area contributed by atoms with Gasteiger partial charge in [-0.1, -0.05) is 13.3 Å². The van der Waals surface area contributed by atoms with Crippen LogP contribution < -0.4 is 5.32 Å². The molecule has 0 aliphatic heterocycles. The van der Waals surface area contributed by atoms with E-state index in [2.05, 4.69) is 24.1 Å². The molecule has 0 radical (unpaired) electrons. The molecule has 1 fully saturated rings. The standard InChI is InChI=1S/C12H20N2S/c1-3-9(2)13-7-11-8-14-12(15-11)10-5-4-6-10/h8-10,13H,3-7H2,1-2H3. The molecule has 3 heteroatoms. The molecule has 1 saturated carbocycles. The topological polar surface area (TPSA) is 24.9 Å². The fourth-order valence-electron chi connectivity index (χ4n) is 1.67. The predicted octanol–water partition coefficient (Wildman–Crippen LogP) is 3.30. The van der Waals surface area contributed by atoms with Crippen LogP contribution in [-0.2, 0) is 6.54 Å². The molecule has 1 N–H and O–H groups in total. The van der Waals surface area contributed by atoms with Crippen LogP contribution in [0, 0.1) is 0 Å². The van der Waals surface area contributed by atoms with E-state index >= 15 is 0 Å². The highest BCUT2D eigenvalue weighted by Crippen LogP contribution is 2.38. The smallest absolute Gasteiger partial charge is 0.0959 e. The Morgan fingerprint density at radius 2 is 2.40 bits per heavy atom. The molecule has 1 heterocycles. The predicted molar refractivity (Wildman–Crippen MR) is 65.3 cm³/mol. The first-order valence-electron chi connectivity index (χ1n) is 5.97. The van der Waals surface area contributed by atoms with Crippen LogP contribution in [0.1, 0.15) is 55.3 Å². The maximum atomic E-state index is 4.52. The van der Waals surface area contributed by atoms with Crippen LogP contribution in [-0.4, -0.2) is 11.0 Å². The fourth-order valence-corrected chi connectivity index (χ4v) is 2.70. The summed E-state index contributed by atoms with van der Waals surface area (Å²) in [6.45, 7) is 5.43. The zero-order valence-electron chi connectivity index (χ0n) is 9.62. The van der Waals surface area contributed by atoms with Gasteiger partial charge in [0.05, 0.1) is 5.01 Å². The minimum absolute atomic E-state index is 0.610. The zero-order chi connectivity index (χ0) is 10.7. The second kappa shape index (κ2) is 5.08. The van der Waals surface area contributed by atoms with E-state index in [0.29, 0.717) is 6.04 Å². The average molecular weight is 224 g/mol. The summed E-state index contributed by atoms with van der Waals surface area (Å²) in [4.78, 5) is 5.91. The van der Waals surface area contributed by atoms with Crippen LogP contribution in [0.2, 0.25) is 0 Å². The zero-order valence-corrected chi connectivity index (χ0v) is 10.4. The van der Waals surface area contributed by atoms with E-state index in [4.69, 9.17) is 0 Å². The van der Waals surface area contributed by atoms with Crippen LogP contribution in [0.5, 0.6) is 0 Å². The van der Waals surface area contributed by atoms with Gasteiger partial charge in [-0.15, -0.1) is 11.3 Å². The Kier molecular flexibility index (Phi) is 3.76. The summed E-state index contributed by atoms with van der Waals surface area (Å²) in [7, 11) is 0. The van der Waals surface area contributed by atoms with Crippen LogP contribution in [0.25, 0.3) is 0 Å². The molecule has 0 aromatic carbocycles. The summed E-state index contributed by atoms with van der Waals surface area (Å²) in [5, 5.41) is 4.87. The molecule has 0 spiro atoms. The molecule has 1 aliphatic rings. The first-order valence-corrected chi connectivity index (χ1v) is 6.79. The number of nitrogens with zero attached hydrogens (tertiary/aromatic N) is 1. The van der Waals surface area contributed by atoms with E-state index < -0.39 is 0 Å². The number of hydrogen-bond donors (Lipinski definition) is 1. The van der Waals surface area contributed by atoms with E-state index in [1.165, 1.54) is 35.6 Å². The summed E-state index contributed by atoms with van der Waals surface area (Å²) in [6, 6.07) is 0.610. The van der Waals surface area contributed by atoms with Crippen molar-refractivity contribution in [3.05, 3.63) is 16.1 Å². The average Bonchev–Trinajstić information content (AvgIpc) is 2.60. The van der Waals surface area contributed by atoms with E-state index in [-0.39, 0.29) is 0 Å². The van der Waals surface area contributed by atoms with Gasteiger partial charge in [0.1, 0.15) is 0 Å². The molecule has 0 bridgehead atoms. The minimum atomic E-state index is 0.610. The summed E-state index contributed by atoms with van der Waals surface area (Å²) >= 11 is 1.90. The fraction of sp³-hybridized carbons (Fsp3) is 0.750. The SMILES string of the molecule is CCC(C)NCc1cnc(C2CCC2)s1. The lowest BCUT2D eigenvalue weighted by Gasteiger charge is -2.22. The number of rotatable bonds is 5. The van der Waals surface area contributed by atoms with Gasteiger partial charge >= 0.3 is 0 Å². The van der Waals surface area contributed by atoms with Crippen molar-refractivity contribution < 1.29 is 0 Å². The molecule has 0 amide bonds. The second-order valence-electron chi connectivity index (χ2n) is 4.48. The van der Waals surface area contributed by atoms with Gasteiger partial charge in [-0.05, 0) is 26.2 Å². The largest absolute Gasteiger partial charge is 0.309 e. The summed E-state index contributed by atoms with van der Waals surface area (Å²) < 4.78 is 0. The van der Waals surface area contributed by atoms with Crippen molar-refractivity contribution >= 4 is 11.3 Å². The summed E-state index contributed by atoms with van der Waals surface area (Å²) in [5.41, 5.74) is 0. The minimum Gasteiger partial charge on any atom is -0.309 e. The highest BCUT2D eigenvalue weighted by molar-refractivity contribution is 7.11. The van der Waals surface area contributed by atoms with Crippen molar-refractivity contribution in [3.8, 4) is 0 Å². The Hall–Kier alpha value is -0.410. The monoisotopic (exact) mass is 224 g/mol. The second-order valence-corrected chi connectivity index (χ2v) is 5.63. The lowest BCUT2D eigenvalue weighted by Crippen LogP contribution is -2.23. The lowest BCUT2D eigenvalue weighted by atomic mass is 9.86. The molecular weight excluding hydrogens is 204 g/mol. The molecule has 1 aromatic rings. The van der Waals surface area contributed by atoms with Crippen LogP contribution in [0.4, 0.5) is 0 Å². The van der Waals surface area contributed by atoms with Crippen molar-refractivity contribution in [2.75, 3.05) is 0 Å². The Morgan fingerprint density at radius 1 is 1.60 bits per heavy atom. The molecule has 1 aromatic heterocycles. The van der Waals surface area contributed by atoms with Gasteiger partial charge in [0, 0.05) is 29.6 Å². The summed E-state index contributed by atoms with van der Waals surface area (Å²) in [6.07, 6.45) is 7.34. The Balaban J connectivity index is 1.84. The molecule has 1 aliphatic carbocycles. The number of aromatic nitrogens is 1. The number of nitrogens with one attached hydrogen (secondary N) is 1. The first-order chi connectivity index (χ1) is 7.29. The number of hydrogen-bond acceptors (Lipinski definition) is 3. The third-order valence-corrected chi connectivity index (χ3v) is 4.42. The van der Waals surface area contributed by atoms with Crippen molar-refractivity contribution in [2.45, 2.75) is 58.0 Å². The van der Waals surface area contributed by atoms with Gasteiger partial charge in [-0.25, -0.2) is 4.98 Å². The summed E-state index contributed by atoms with van der Waals surface area (Å²) in [5.74, 6) is 0.785. The van der Waals surface area contributed by atoms with E-state index in [0.717, 1.165) is 12.5 Å². The van der Waals surface area contributed by atoms with Gasteiger partial charge in [0.25, 0.3) is 0 Å². The molecule has 0 saturated heterocycles. The van der Waals surface area contributed by atoms with Gasteiger partial charge in [0.15, 0.2) is 0 Å². The molecule has 2 rings (SSSR count). The molecule has 84 valence electrons. The van der Waals surface area contributed by atoms with Crippen molar-refractivity contribution in [2.24, 2.45) is 0 Å². The highest BCUT2D eigenvalue weighted by atomic mass is 32.1. The maximum absolute atomic E-state index is 4.52. The molecule has 15 heavy (non-hydrogen) atoms. The molecule has 1 unspecified atom stereocenters. The molecular formula is C12H20N2S. The molecule has 1 atom stereocenters. The van der Waals surface area contributed by atoms with Crippen molar-refractivity contribution in [1.82, 2.24) is 10.3 Å². The van der Waals surface area contributed by atoms with Crippen molar-refractivity contribution in [1.29, 1.82) is 0 Å². The molecule has 2 nitrogen and oxygen atoms in total. The van der Waals surface area contributed by atoms with Crippen molar-refractivity contribution in [3.63, 3.8) is 0 Å². The Bertz CT molecular complexity index is 304. The third kappa shape index (κ3) is 2.79. The Morgan fingerprint density at radius 3 is 3.00 bits per heavy atom. The normalized spacial score (nSPS) is 18.8. The van der Waals surface area contributed by atoms with Gasteiger partial charge in [-0.2, -0.15) is 0 Å². The number of thiazole rings is 1. The maximum Gasteiger partial charge on any atom is 0.0959 e. The van der Waals surface area contributed by atoms with E-state index in [9.17, 15) is 0 Å². The van der Waals surface area contributed by atoms with Gasteiger partial charge in [0.2, 0.25) is 0 Å². The Labute approximate surface area is 96.1 Å². The van der Waals surface area contributed by atoms with E-state index in [1.807, 2.05) is 17.5 Å². The van der Waals surface area contributed by atoms with Gasteiger partial charge < -0.3 is 5.32 Å². The van der Waals surface area contributed by atoms with Crippen LogP contribution in [0.3, 0.4) is 0 Å². The van der Waals surface area contributed by atoms with Crippen LogP contribution >= 0.6 is 11.3 Å². The quantitative estimate of drug-likeness (QED) is 0.830. The lowest BCUT2D eigenvalue weighted by molar-refractivity contribution is 0.418.